The van der Waals surface area contributed by atoms with Crippen molar-refractivity contribution in [1.82, 2.24) is 19.5 Å². The van der Waals surface area contributed by atoms with Gasteiger partial charge in [0.2, 0.25) is 0 Å². The van der Waals surface area contributed by atoms with Crippen LogP contribution in [0.2, 0.25) is 0 Å². The lowest BCUT2D eigenvalue weighted by Crippen LogP contribution is -2.45. The highest BCUT2D eigenvalue weighted by molar-refractivity contribution is 7.66. The Morgan fingerprint density at radius 1 is 1.06 bits per heavy atom. The number of H-pyrrole nitrogens is 2. The molecule has 29 heteroatoms. The summed E-state index contributed by atoms with van der Waals surface area (Å²) in [6, 6.07) is 1.03. The molecule has 2 aromatic heterocycles. The molecule has 0 saturated carbocycles. The van der Waals surface area contributed by atoms with Crippen LogP contribution in [-0.2, 0) is 41.9 Å². The van der Waals surface area contributed by atoms with E-state index in [0.717, 1.165) is 18.5 Å². The first kappa shape index (κ1) is 39.9. The topological polar surface area (TPSA) is 406 Å². The maximum Gasteiger partial charge on any atom is 0.490 e. The third-order valence-corrected chi connectivity index (χ3v) is 10.3. The number of rotatable bonds is 10. The molecule has 0 radical (unpaired) electrons. The Labute approximate surface area is 264 Å². The molecule has 2 aliphatic rings. The number of anilines is 1. The first-order valence-electron chi connectivity index (χ1n) is 12.7. The van der Waals surface area contributed by atoms with Crippen LogP contribution in [0.3, 0.4) is 0 Å². The van der Waals surface area contributed by atoms with E-state index in [2.05, 4.69) is 23.1 Å². The number of hydrogen-bond acceptors (Lipinski definition) is 18. The zero-order valence-corrected chi connectivity index (χ0v) is 26.5. The predicted octanol–water partition coefficient (Wildman–Crippen LogP) is -4.52. The Kier molecular flexibility index (Phi) is 11.9. The minimum Gasteiger partial charge on any atom is -0.394 e. The molecule has 13 N–H and O–H groups in total. The lowest BCUT2D eigenvalue weighted by atomic mass is 9.90. The lowest BCUT2D eigenvalue weighted by Gasteiger charge is -2.26. The molecule has 272 valence electrons. The summed E-state index contributed by atoms with van der Waals surface area (Å²) in [5.74, 6) is -3.88. The smallest absolute Gasteiger partial charge is 0.394 e. The molecule has 2 aromatic rings. The second kappa shape index (κ2) is 14.3. The monoisotopic (exact) mass is 759 g/mol. The lowest BCUT2D eigenvalue weighted by molar-refractivity contribution is -0.196. The van der Waals surface area contributed by atoms with Gasteiger partial charge in [-0.3, -0.25) is 18.9 Å². The summed E-state index contributed by atoms with van der Waals surface area (Å²) in [6.45, 7) is -0.362. The zero-order valence-electron chi connectivity index (χ0n) is 23.8. The second-order valence-electron chi connectivity index (χ2n) is 10.00. The summed E-state index contributed by atoms with van der Waals surface area (Å²) in [5.41, 5.74) is 1.17. The molecule has 4 rings (SSSR count). The summed E-state index contributed by atoms with van der Waals surface area (Å²) in [5, 5.41) is 48.3. The van der Waals surface area contributed by atoms with E-state index in [1.165, 1.54) is 6.92 Å². The molecule has 2 aliphatic heterocycles. The standard InChI is InChI=1S/C10H14N2O6.C9H15FN3O14P3/c1-10(4-2-11-9(17)12-8(4)16)7(15)6(14)5(3-13)18-10;10-9(16)6(14)4(25-7(9)13-2-1-5(11)12-8(13)15)3-24-29(20,21)27-30(22,23)26-28(17,18)19/h2,5-7,13-15H,3H2,1H3,(H2,11,12,16,17);1-2,4,6-7,14,16H,3H2,(H,20,21)(H,22,23)(H2,11,12,15)(H2,17,18,19)/t5-,6-,7-,10+;4-,6-,7-,9-/m11/s1. The summed E-state index contributed by atoms with van der Waals surface area (Å²) in [4.78, 5) is 77.1. The number of aliphatic hydroxyl groups is 5. The van der Waals surface area contributed by atoms with Crippen LogP contribution in [0.1, 0.15) is 18.7 Å². The highest BCUT2D eigenvalue weighted by Crippen LogP contribution is 2.66. The Morgan fingerprint density at radius 2 is 1.69 bits per heavy atom. The van der Waals surface area contributed by atoms with Crippen LogP contribution in [0.4, 0.5) is 10.2 Å². The maximum atomic E-state index is 14.5. The molecule has 4 heterocycles. The van der Waals surface area contributed by atoms with Crippen LogP contribution in [0.15, 0.2) is 32.8 Å². The van der Waals surface area contributed by atoms with Crippen LogP contribution >= 0.6 is 23.5 Å². The fourth-order valence-electron chi connectivity index (χ4n) is 4.34. The number of nitrogens with one attached hydrogen (secondary N) is 2. The number of hydrogen-bond donors (Lipinski definition) is 12. The number of aliphatic hydroxyl groups excluding tert-OH is 4. The van der Waals surface area contributed by atoms with E-state index < -0.39 is 102 Å². The molecule has 0 bridgehead atoms. The number of ether oxygens (including phenoxy) is 2. The average molecular weight is 759 g/mol. The van der Waals surface area contributed by atoms with E-state index in [9.17, 15) is 57.8 Å². The number of alkyl halides is 1. The van der Waals surface area contributed by atoms with Gasteiger partial charge in [-0.25, -0.2) is 27.7 Å². The van der Waals surface area contributed by atoms with Crippen LogP contribution in [0, 0.1) is 0 Å². The molecule has 48 heavy (non-hydrogen) atoms. The van der Waals surface area contributed by atoms with E-state index in [4.69, 9.17) is 35.0 Å². The summed E-state index contributed by atoms with van der Waals surface area (Å²) in [7, 11) is -17.0. The van der Waals surface area contributed by atoms with E-state index in [1.807, 2.05) is 4.98 Å². The molecule has 2 fully saturated rings. The zero-order chi connectivity index (χ0) is 36.6. The van der Waals surface area contributed by atoms with E-state index in [0.29, 0.717) is 4.57 Å². The van der Waals surface area contributed by atoms with Gasteiger partial charge in [0.1, 0.15) is 41.9 Å². The van der Waals surface area contributed by atoms with Gasteiger partial charge in [0.05, 0.1) is 18.8 Å². The van der Waals surface area contributed by atoms with Crippen LogP contribution < -0.4 is 22.7 Å². The number of aromatic nitrogens is 4. The second-order valence-corrected chi connectivity index (χ2v) is 14.4. The molecule has 0 spiro atoms. The first-order chi connectivity index (χ1) is 21.8. The first-order valence-corrected chi connectivity index (χ1v) is 17.2. The summed E-state index contributed by atoms with van der Waals surface area (Å²) in [6.07, 6.45) is -8.32. The van der Waals surface area contributed by atoms with Crippen LogP contribution in [0.25, 0.3) is 0 Å². The van der Waals surface area contributed by atoms with Gasteiger partial charge in [0.15, 0.2) is 6.23 Å². The van der Waals surface area contributed by atoms with Crippen molar-refractivity contribution >= 4 is 29.3 Å². The van der Waals surface area contributed by atoms with Crippen molar-refractivity contribution in [1.29, 1.82) is 0 Å². The van der Waals surface area contributed by atoms with E-state index in [-0.39, 0.29) is 11.4 Å². The number of aromatic amines is 2. The van der Waals surface area contributed by atoms with E-state index >= 15 is 0 Å². The van der Waals surface area contributed by atoms with Gasteiger partial charge in [-0.05, 0) is 13.0 Å². The van der Waals surface area contributed by atoms with Crippen molar-refractivity contribution < 1.29 is 85.8 Å². The highest BCUT2D eigenvalue weighted by atomic mass is 31.3. The van der Waals surface area contributed by atoms with Crippen molar-refractivity contribution in [2.45, 2.75) is 55.1 Å². The molecule has 25 nitrogen and oxygen atoms in total. The third kappa shape index (κ3) is 9.15. The van der Waals surface area contributed by atoms with Gasteiger partial charge in [0, 0.05) is 12.4 Å². The van der Waals surface area contributed by atoms with Crippen molar-refractivity contribution in [3.8, 4) is 0 Å². The number of nitrogen functional groups attached to an aromatic ring is 1. The molecule has 2 unspecified atom stereocenters. The Bertz CT molecular complexity index is 1800. The molecule has 0 aliphatic carbocycles. The average Bonchev–Trinajstić information content (AvgIpc) is 3.29. The van der Waals surface area contributed by atoms with Gasteiger partial charge >= 0.3 is 34.8 Å². The van der Waals surface area contributed by atoms with Crippen LogP contribution in [0.5, 0.6) is 0 Å². The Hall–Kier alpha value is -2.58. The SMILES string of the molecule is C[C@@]1(c2c[nH]c(=O)[nH]c2=O)O[C@H](CO)[C@@H](O)[C@H]1O.Nc1ccn([C@@H]2O[C@H](COP(=O)(O)OP(=O)(O)OP(=O)(O)O)[C@@H](O)[C@]2(O)F)c(=O)n1. The Morgan fingerprint density at radius 3 is 2.21 bits per heavy atom. The van der Waals surface area contributed by atoms with Crippen molar-refractivity contribution in [2.75, 3.05) is 18.9 Å². The molecule has 10 atom stereocenters. The molecule has 2 saturated heterocycles. The number of nitrogens with two attached hydrogens (primary N) is 1. The quantitative estimate of drug-likeness (QED) is 0.102. The summed E-state index contributed by atoms with van der Waals surface area (Å²) >= 11 is 0. The van der Waals surface area contributed by atoms with Crippen molar-refractivity contribution in [3.05, 3.63) is 55.3 Å². The van der Waals surface area contributed by atoms with Gasteiger partial charge < -0.3 is 65.3 Å². The van der Waals surface area contributed by atoms with Crippen molar-refractivity contribution in [2.24, 2.45) is 0 Å². The highest BCUT2D eigenvalue weighted by Gasteiger charge is 2.58. The van der Waals surface area contributed by atoms with E-state index in [1.54, 1.807) is 0 Å². The Balaban J connectivity index is 0.000000294. The largest absolute Gasteiger partial charge is 0.490 e. The molecule has 0 amide bonds. The van der Waals surface area contributed by atoms with Gasteiger partial charge in [-0.15, -0.1) is 0 Å². The number of phosphoric acid groups is 3. The molecular weight excluding hydrogens is 730 g/mol. The minimum atomic E-state index is -5.80. The molecule has 0 aromatic carbocycles. The number of phosphoric ester groups is 1. The van der Waals surface area contributed by atoms with Gasteiger partial charge in [-0.2, -0.15) is 13.6 Å². The molecular formula is C19H29FN5O20P3. The maximum absolute atomic E-state index is 14.5. The van der Waals surface area contributed by atoms with Crippen molar-refractivity contribution in [3.63, 3.8) is 0 Å². The minimum absolute atomic E-state index is 0.0235. The number of nitrogens with zero attached hydrogens (tertiary/aromatic N) is 2. The fourth-order valence-corrected chi connectivity index (χ4v) is 7.37. The summed E-state index contributed by atoms with van der Waals surface area (Å²) < 4.78 is 69.7. The third-order valence-electron chi connectivity index (χ3n) is 6.54. The predicted molar refractivity (Wildman–Crippen MR) is 148 cm³/mol. The van der Waals surface area contributed by atoms with Crippen LogP contribution in [-0.4, -0.2) is 114 Å². The van der Waals surface area contributed by atoms with Gasteiger partial charge in [-0.1, -0.05) is 0 Å². The number of halogens is 1. The van der Waals surface area contributed by atoms with Gasteiger partial charge in [0.25, 0.3) is 11.4 Å². The normalized spacial score (nSPS) is 33.0. The fraction of sp³-hybridized carbons (Fsp3) is 0.579.